The van der Waals surface area contributed by atoms with Gasteiger partial charge >= 0.3 is 0 Å². The van der Waals surface area contributed by atoms with Crippen LogP contribution in [0.25, 0.3) is 10.4 Å². The maximum absolute atomic E-state index is 7.86. The number of rotatable bonds is 4. The van der Waals surface area contributed by atoms with E-state index >= 15 is 0 Å². The molecule has 0 aromatic carbocycles. The van der Waals surface area contributed by atoms with Crippen molar-refractivity contribution in [2.45, 2.75) is 13.3 Å². The lowest BCUT2D eigenvalue weighted by molar-refractivity contribution is 0.314. The fourth-order valence-electron chi connectivity index (χ4n) is 0.443. The highest BCUT2D eigenvalue weighted by Crippen LogP contribution is 1.87. The highest BCUT2D eigenvalue weighted by Gasteiger charge is 1.92. The number of halogens is 1. The summed E-state index contributed by atoms with van der Waals surface area (Å²) in [4.78, 5) is 2.54. The van der Waals surface area contributed by atoms with Gasteiger partial charge in [-0.2, -0.15) is 0 Å². The first kappa shape index (κ1) is 12.7. The summed E-state index contributed by atoms with van der Waals surface area (Å²) in [5.74, 6) is 0.176. The zero-order valence-corrected chi connectivity index (χ0v) is 7.10. The molecular formula is C5H11ClN4O. The maximum Gasteiger partial charge on any atom is 0.180 e. The molecule has 1 N–H and O–H groups in total. The summed E-state index contributed by atoms with van der Waals surface area (Å²) in [7, 11) is 0. The van der Waals surface area contributed by atoms with Crippen LogP contribution in [0.3, 0.4) is 0 Å². The van der Waals surface area contributed by atoms with Crippen molar-refractivity contribution in [2.24, 2.45) is 5.11 Å². The molecule has 6 heteroatoms. The van der Waals surface area contributed by atoms with E-state index in [1.807, 2.05) is 6.92 Å². The molecule has 0 fully saturated rings. The summed E-state index contributed by atoms with van der Waals surface area (Å²) in [5, 5.41) is 10.3. The molecule has 64 valence electrons. The predicted molar refractivity (Wildman–Crippen MR) is 45.2 cm³/mol. The zero-order chi connectivity index (χ0) is 7.82. The first-order chi connectivity index (χ1) is 4.81. The van der Waals surface area contributed by atoms with E-state index in [0.29, 0.717) is 19.6 Å². The van der Waals surface area contributed by atoms with Crippen LogP contribution in [0.1, 0.15) is 13.3 Å². The number of nitrogens with zero attached hydrogens (tertiary/aromatic N) is 3. The van der Waals surface area contributed by atoms with Gasteiger partial charge in [0.25, 0.3) is 0 Å². The van der Waals surface area contributed by atoms with Gasteiger partial charge in [0.05, 0.1) is 6.61 Å². The van der Waals surface area contributed by atoms with Gasteiger partial charge in [0.1, 0.15) is 0 Å². The van der Waals surface area contributed by atoms with Crippen LogP contribution in [0, 0.1) is 5.41 Å². The molecule has 0 amide bonds. The maximum atomic E-state index is 7.86. The summed E-state index contributed by atoms with van der Waals surface area (Å²) in [6.45, 7) is 2.60. The van der Waals surface area contributed by atoms with Gasteiger partial charge in [-0.3, -0.25) is 5.41 Å². The monoisotopic (exact) mass is 178 g/mol. The third-order valence-corrected chi connectivity index (χ3v) is 0.821. The van der Waals surface area contributed by atoms with Crippen molar-refractivity contribution in [3.63, 3.8) is 0 Å². The lowest BCUT2D eigenvalue weighted by atomic mass is 10.4. The zero-order valence-electron chi connectivity index (χ0n) is 6.28. The smallest absolute Gasteiger partial charge is 0.180 e. The first-order valence-corrected chi connectivity index (χ1v) is 3.02. The summed E-state index contributed by atoms with van der Waals surface area (Å²) >= 11 is 0. The molecule has 0 bridgehead atoms. The molecule has 0 aliphatic carbocycles. The Hall–Kier alpha value is -0.930. The molecule has 0 saturated heterocycles. The molecule has 0 saturated carbocycles. The third kappa shape index (κ3) is 9.07. The highest BCUT2D eigenvalue weighted by atomic mass is 35.5. The first-order valence-electron chi connectivity index (χ1n) is 3.02. The predicted octanol–water partition coefficient (Wildman–Crippen LogP) is 2.12. The van der Waals surface area contributed by atoms with Crippen LogP contribution >= 0.6 is 12.4 Å². The summed E-state index contributed by atoms with van der Waals surface area (Å²) in [6.07, 6.45) is 0.387. The number of nitrogens with one attached hydrogen (secondary N) is 1. The molecule has 0 aromatic heterocycles. The molecule has 0 unspecified atom stereocenters. The normalized spacial score (nSPS) is 7.36. The van der Waals surface area contributed by atoms with Gasteiger partial charge in [0.15, 0.2) is 5.90 Å². The molecule has 5 nitrogen and oxygen atoms in total. The quantitative estimate of drug-likeness (QED) is 0.231. The molecular weight excluding hydrogens is 168 g/mol. The number of hydrogen-bond acceptors (Lipinski definition) is 3. The van der Waals surface area contributed by atoms with Crippen molar-refractivity contribution in [3.05, 3.63) is 10.4 Å². The Morgan fingerprint density at radius 3 is 2.82 bits per heavy atom. The second-order valence-corrected chi connectivity index (χ2v) is 1.56. The molecule has 0 aliphatic rings. The molecule has 0 atom stereocenters. The van der Waals surface area contributed by atoms with Crippen molar-refractivity contribution in [2.75, 3.05) is 13.2 Å². The molecule has 0 aliphatic heterocycles. The minimum Gasteiger partial charge on any atom is -0.481 e. The van der Waals surface area contributed by atoms with Gasteiger partial charge in [-0.1, -0.05) is 5.11 Å². The SMILES string of the molecule is CCOC(=N)CCN=[N+]=[N-].Cl. The van der Waals surface area contributed by atoms with Crippen molar-refractivity contribution >= 4 is 18.3 Å². The van der Waals surface area contributed by atoms with Crippen LogP contribution in [0.5, 0.6) is 0 Å². The van der Waals surface area contributed by atoms with Gasteiger partial charge in [-0.25, -0.2) is 0 Å². The second kappa shape index (κ2) is 9.07. The van der Waals surface area contributed by atoms with Crippen LogP contribution in [-0.2, 0) is 4.74 Å². The average molecular weight is 179 g/mol. The van der Waals surface area contributed by atoms with Crippen LogP contribution in [0.4, 0.5) is 0 Å². The third-order valence-electron chi connectivity index (χ3n) is 0.821. The lowest BCUT2D eigenvalue weighted by Crippen LogP contribution is -2.03. The van der Waals surface area contributed by atoms with E-state index in [4.69, 9.17) is 15.7 Å². The molecule has 0 radical (unpaired) electrons. The van der Waals surface area contributed by atoms with E-state index in [-0.39, 0.29) is 18.3 Å². The molecule has 0 rings (SSSR count). The summed E-state index contributed by atoms with van der Waals surface area (Å²) in [5.41, 5.74) is 7.86. The Morgan fingerprint density at radius 2 is 2.36 bits per heavy atom. The molecule has 0 spiro atoms. The molecule has 11 heavy (non-hydrogen) atoms. The second-order valence-electron chi connectivity index (χ2n) is 1.56. The van der Waals surface area contributed by atoms with E-state index < -0.39 is 0 Å². The van der Waals surface area contributed by atoms with E-state index in [0.717, 1.165) is 0 Å². The Kier molecular flexibility index (Phi) is 10.5. The number of hydrogen-bond donors (Lipinski definition) is 1. The molecule has 0 heterocycles. The van der Waals surface area contributed by atoms with Gasteiger partial charge in [0, 0.05) is 17.9 Å². The minimum atomic E-state index is 0. The number of azide groups is 1. The Balaban J connectivity index is 0. The minimum absolute atomic E-state index is 0. The summed E-state index contributed by atoms with van der Waals surface area (Å²) in [6, 6.07) is 0. The van der Waals surface area contributed by atoms with Gasteiger partial charge in [-0.05, 0) is 12.5 Å². The van der Waals surface area contributed by atoms with Crippen LogP contribution in [0.15, 0.2) is 5.11 Å². The number of ether oxygens (including phenoxy) is 1. The van der Waals surface area contributed by atoms with Crippen LogP contribution < -0.4 is 0 Å². The van der Waals surface area contributed by atoms with Gasteiger partial charge < -0.3 is 4.74 Å². The summed E-state index contributed by atoms with van der Waals surface area (Å²) < 4.78 is 4.79. The molecule has 0 aromatic rings. The fourth-order valence-corrected chi connectivity index (χ4v) is 0.443. The van der Waals surface area contributed by atoms with Gasteiger partial charge in [0.2, 0.25) is 0 Å². The largest absolute Gasteiger partial charge is 0.481 e. The van der Waals surface area contributed by atoms with E-state index in [9.17, 15) is 0 Å². The lowest BCUT2D eigenvalue weighted by Gasteiger charge is -2.00. The van der Waals surface area contributed by atoms with Crippen molar-refractivity contribution in [1.82, 2.24) is 0 Å². The van der Waals surface area contributed by atoms with E-state index in [1.54, 1.807) is 0 Å². The van der Waals surface area contributed by atoms with E-state index in [2.05, 4.69) is 10.0 Å². The Morgan fingerprint density at radius 1 is 1.73 bits per heavy atom. The van der Waals surface area contributed by atoms with Gasteiger partial charge in [-0.15, -0.1) is 12.4 Å². The topological polar surface area (TPSA) is 81.8 Å². The average Bonchev–Trinajstić information content (AvgIpc) is 1.89. The van der Waals surface area contributed by atoms with E-state index in [1.165, 1.54) is 0 Å². The van der Waals surface area contributed by atoms with Crippen LogP contribution in [0.2, 0.25) is 0 Å². The van der Waals surface area contributed by atoms with Crippen LogP contribution in [-0.4, -0.2) is 19.0 Å². The van der Waals surface area contributed by atoms with Crippen molar-refractivity contribution in [3.8, 4) is 0 Å². The Labute approximate surface area is 71.3 Å². The Bertz CT molecular complexity index is 155. The fraction of sp³-hybridized carbons (Fsp3) is 0.800. The highest BCUT2D eigenvalue weighted by molar-refractivity contribution is 5.85. The van der Waals surface area contributed by atoms with Crippen molar-refractivity contribution in [1.29, 1.82) is 5.41 Å². The standard InChI is InChI=1S/C5H10N4O.ClH/c1-2-10-5(6)3-4-8-9-7;/h6H,2-4H2,1H3;1H. The van der Waals surface area contributed by atoms with Crippen molar-refractivity contribution < 1.29 is 4.74 Å².